The Morgan fingerprint density at radius 2 is 2.09 bits per heavy atom. The lowest BCUT2D eigenvalue weighted by Gasteiger charge is -2.24. The topological polar surface area (TPSA) is 128 Å². The summed E-state index contributed by atoms with van der Waals surface area (Å²) in [7, 11) is 1.74. The first-order chi connectivity index (χ1) is 15.9. The molecular formula is C23H25N5O5. The minimum Gasteiger partial charge on any atom is -0.479 e. The number of ether oxygens (including phenoxy) is 2. The molecule has 2 N–H and O–H groups in total. The van der Waals surface area contributed by atoms with Crippen LogP contribution in [0, 0.1) is 0 Å². The standard InChI is InChI=1S/C23H25N5O5/c1-14(23(30)31)32-16-7-5-15(6-8-16)13-25-21(29)18-4-3-11-24-22(18)33-17-9-10-19-20(12-17)27-28(2)26-19/h3-5,9-12,14,16H,6-8,13H2,1-2H3,(H,25,29)(H,30,31). The minimum atomic E-state index is -0.969. The van der Waals surface area contributed by atoms with Crippen LogP contribution in [0.15, 0.2) is 48.2 Å². The van der Waals surface area contributed by atoms with E-state index in [4.69, 9.17) is 14.6 Å². The van der Waals surface area contributed by atoms with Gasteiger partial charge in [0.15, 0.2) is 6.10 Å². The normalized spacial score (nSPS) is 16.8. The molecule has 0 radical (unpaired) electrons. The van der Waals surface area contributed by atoms with E-state index in [1.54, 1.807) is 43.6 Å². The third-order valence-corrected chi connectivity index (χ3v) is 5.36. The molecule has 2 aromatic heterocycles. The maximum Gasteiger partial charge on any atom is 0.332 e. The van der Waals surface area contributed by atoms with Crippen LogP contribution < -0.4 is 10.1 Å². The van der Waals surface area contributed by atoms with Crippen LogP contribution in [0.25, 0.3) is 11.0 Å². The summed E-state index contributed by atoms with van der Waals surface area (Å²) >= 11 is 0. The molecule has 0 saturated heterocycles. The van der Waals surface area contributed by atoms with Crippen LogP contribution in [0.4, 0.5) is 0 Å². The molecule has 4 rings (SSSR count). The number of aryl methyl sites for hydroxylation is 1. The molecule has 33 heavy (non-hydrogen) atoms. The molecule has 172 valence electrons. The molecule has 1 aliphatic rings. The lowest BCUT2D eigenvalue weighted by molar-refractivity contribution is -0.153. The highest BCUT2D eigenvalue weighted by Gasteiger charge is 2.21. The monoisotopic (exact) mass is 451 g/mol. The summed E-state index contributed by atoms with van der Waals surface area (Å²) in [4.78, 5) is 29.5. The second-order valence-corrected chi connectivity index (χ2v) is 7.86. The van der Waals surface area contributed by atoms with Gasteiger partial charge in [-0.05, 0) is 50.5 Å². The quantitative estimate of drug-likeness (QED) is 0.500. The van der Waals surface area contributed by atoms with E-state index in [9.17, 15) is 9.59 Å². The maximum atomic E-state index is 12.8. The Morgan fingerprint density at radius 3 is 2.85 bits per heavy atom. The number of benzene rings is 1. The van der Waals surface area contributed by atoms with Crippen LogP contribution in [0.5, 0.6) is 11.6 Å². The van der Waals surface area contributed by atoms with Crippen molar-refractivity contribution in [1.82, 2.24) is 25.3 Å². The highest BCUT2D eigenvalue weighted by molar-refractivity contribution is 5.96. The smallest absolute Gasteiger partial charge is 0.332 e. The lowest BCUT2D eigenvalue weighted by atomic mass is 9.97. The fraction of sp³-hybridized carbons (Fsp3) is 0.348. The van der Waals surface area contributed by atoms with Gasteiger partial charge in [-0.2, -0.15) is 15.0 Å². The van der Waals surface area contributed by atoms with E-state index in [0.29, 0.717) is 36.2 Å². The number of carbonyl (C=O) groups excluding carboxylic acids is 1. The Bertz CT molecular complexity index is 1200. The average Bonchev–Trinajstić information content (AvgIpc) is 3.18. The van der Waals surface area contributed by atoms with E-state index in [0.717, 1.165) is 17.5 Å². The predicted octanol–water partition coefficient (Wildman–Crippen LogP) is 2.85. The predicted molar refractivity (Wildman–Crippen MR) is 119 cm³/mol. The molecule has 2 heterocycles. The van der Waals surface area contributed by atoms with Gasteiger partial charge in [0.2, 0.25) is 5.88 Å². The first-order valence-electron chi connectivity index (χ1n) is 10.7. The van der Waals surface area contributed by atoms with Crippen molar-refractivity contribution in [2.24, 2.45) is 7.05 Å². The van der Waals surface area contributed by atoms with Crippen LogP contribution in [0.3, 0.4) is 0 Å². The number of pyridine rings is 1. The number of nitrogens with one attached hydrogen (secondary N) is 1. The molecule has 1 aromatic carbocycles. The third kappa shape index (κ3) is 5.53. The summed E-state index contributed by atoms with van der Waals surface area (Å²) in [5.41, 5.74) is 2.83. The number of amides is 1. The average molecular weight is 451 g/mol. The second-order valence-electron chi connectivity index (χ2n) is 7.86. The van der Waals surface area contributed by atoms with Crippen LogP contribution in [0.1, 0.15) is 36.5 Å². The van der Waals surface area contributed by atoms with Crippen molar-refractivity contribution < 1.29 is 24.2 Å². The van der Waals surface area contributed by atoms with E-state index in [2.05, 4.69) is 20.5 Å². The van der Waals surface area contributed by atoms with Crippen molar-refractivity contribution >= 4 is 22.9 Å². The lowest BCUT2D eigenvalue weighted by Crippen LogP contribution is -2.30. The Labute approximate surface area is 190 Å². The Balaban J connectivity index is 1.37. The van der Waals surface area contributed by atoms with Gasteiger partial charge in [0.1, 0.15) is 22.3 Å². The fourth-order valence-electron chi connectivity index (χ4n) is 3.61. The Hall–Kier alpha value is -3.79. The van der Waals surface area contributed by atoms with Crippen molar-refractivity contribution in [3.63, 3.8) is 0 Å². The van der Waals surface area contributed by atoms with Crippen LogP contribution in [-0.2, 0) is 16.6 Å². The molecule has 0 bridgehead atoms. The van der Waals surface area contributed by atoms with Crippen molar-refractivity contribution in [3.8, 4) is 11.6 Å². The minimum absolute atomic E-state index is 0.125. The summed E-state index contributed by atoms with van der Waals surface area (Å²) in [5, 5.41) is 20.4. The van der Waals surface area contributed by atoms with Gasteiger partial charge in [0.25, 0.3) is 5.91 Å². The molecule has 2 atom stereocenters. The van der Waals surface area contributed by atoms with Crippen molar-refractivity contribution in [3.05, 3.63) is 53.7 Å². The van der Waals surface area contributed by atoms with Gasteiger partial charge in [0, 0.05) is 25.9 Å². The first kappa shape index (κ1) is 22.4. The molecule has 0 aliphatic heterocycles. The van der Waals surface area contributed by atoms with E-state index in [1.165, 1.54) is 11.7 Å². The van der Waals surface area contributed by atoms with Gasteiger partial charge in [-0.1, -0.05) is 11.6 Å². The number of carbonyl (C=O) groups is 2. The number of aromatic nitrogens is 4. The third-order valence-electron chi connectivity index (χ3n) is 5.36. The largest absolute Gasteiger partial charge is 0.479 e. The first-order valence-corrected chi connectivity index (χ1v) is 10.7. The molecule has 10 nitrogen and oxygen atoms in total. The van der Waals surface area contributed by atoms with E-state index in [-0.39, 0.29) is 17.9 Å². The molecule has 0 saturated carbocycles. The fourth-order valence-corrected chi connectivity index (χ4v) is 3.61. The van der Waals surface area contributed by atoms with E-state index < -0.39 is 12.1 Å². The molecule has 0 spiro atoms. The number of nitrogens with zero attached hydrogens (tertiary/aromatic N) is 4. The summed E-state index contributed by atoms with van der Waals surface area (Å²) in [6.07, 6.45) is 4.67. The van der Waals surface area contributed by atoms with Gasteiger partial charge in [-0.3, -0.25) is 4.79 Å². The highest BCUT2D eigenvalue weighted by Crippen LogP contribution is 2.26. The van der Waals surface area contributed by atoms with E-state index in [1.807, 2.05) is 6.08 Å². The maximum absolute atomic E-state index is 12.8. The molecule has 2 unspecified atom stereocenters. The molecule has 10 heteroatoms. The highest BCUT2D eigenvalue weighted by atomic mass is 16.5. The summed E-state index contributed by atoms with van der Waals surface area (Å²) in [5.74, 6) is -0.556. The van der Waals surface area contributed by atoms with Crippen LogP contribution in [-0.4, -0.2) is 55.7 Å². The summed E-state index contributed by atoms with van der Waals surface area (Å²) in [6, 6.07) is 8.63. The van der Waals surface area contributed by atoms with Gasteiger partial charge in [-0.15, -0.1) is 0 Å². The van der Waals surface area contributed by atoms with Crippen molar-refractivity contribution in [1.29, 1.82) is 0 Å². The SMILES string of the molecule is CC(OC1CC=C(CNC(=O)c2cccnc2Oc2ccc3nn(C)nc3c2)CC1)C(=O)O. The zero-order valence-electron chi connectivity index (χ0n) is 18.4. The molecule has 0 fully saturated rings. The number of rotatable bonds is 8. The number of carboxylic acids is 1. The van der Waals surface area contributed by atoms with Gasteiger partial charge in [0.05, 0.1) is 6.10 Å². The number of hydrogen-bond donors (Lipinski definition) is 2. The molecule has 1 amide bonds. The second kappa shape index (κ2) is 9.78. The number of carboxylic acid groups (broad SMARTS) is 1. The number of aliphatic carboxylic acids is 1. The van der Waals surface area contributed by atoms with Crippen molar-refractivity contribution in [2.45, 2.75) is 38.4 Å². The molecular weight excluding hydrogens is 426 g/mol. The summed E-state index contributed by atoms with van der Waals surface area (Å²) in [6.45, 7) is 1.92. The summed E-state index contributed by atoms with van der Waals surface area (Å²) < 4.78 is 11.4. The zero-order valence-corrected chi connectivity index (χ0v) is 18.4. The number of hydrogen-bond acceptors (Lipinski definition) is 7. The van der Waals surface area contributed by atoms with E-state index >= 15 is 0 Å². The Morgan fingerprint density at radius 1 is 1.27 bits per heavy atom. The van der Waals surface area contributed by atoms with Crippen molar-refractivity contribution in [2.75, 3.05) is 6.54 Å². The van der Waals surface area contributed by atoms with Crippen LogP contribution >= 0.6 is 0 Å². The van der Waals surface area contributed by atoms with Gasteiger partial charge < -0.3 is 19.9 Å². The van der Waals surface area contributed by atoms with Gasteiger partial charge in [-0.25, -0.2) is 9.78 Å². The number of fused-ring (bicyclic) bond motifs is 1. The molecule has 3 aromatic rings. The Kier molecular flexibility index (Phi) is 6.64. The molecule has 1 aliphatic carbocycles. The van der Waals surface area contributed by atoms with Gasteiger partial charge >= 0.3 is 5.97 Å². The van der Waals surface area contributed by atoms with Crippen LogP contribution in [0.2, 0.25) is 0 Å². The zero-order chi connectivity index (χ0) is 23.4.